The Bertz CT molecular complexity index is 1230. The topological polar surface area (TPSA) is 112 Å². The van der Waals surface area contributed by atoms with Gasteiger partial charge in [0.2, 0.25) is 0 Å². The van der Waals surface area contributed by atoms with Crippen molar-refractivity contribution in [2.75, 3.05) is 36.0 Å². The normalized spacial score (nSPS) is 17.3. The number of hydrogen-bond acceptors (Lipinski definition) is 6. The van der Waals surface area contributed by atoms with Gasteiger partial charge in [-0.2, -0.15) is 0 Å². The second kappa shape index (κ2) is 10.5. The van der Waals surface area contributed by atoms with E-state index in [1.54, 1.807) is 6.07 Å². The Kier molecular flexibility index (Phi) is 7.89. The highest BCUT2D eigenvalue weighted by Crippen LogP contribution is 2.32. The number of carbonyl (C=O) groups is 2. The minimum absolute atomic E-state index is 0. The zero-order valence-corrected chi connectivity index (χ0v) is 21.2. The number of nitrogens with zero attached hydrogens (tertiary/aromatic N) is 3. The molecule has 2 fully saturated rings. The predicted octanol–water partition coefficient (Wildman–Crippen LogP) is -1.26. The van der Waals surface area contributed by atoms with E-state index in [0.717, 1.165) is 48.6 Å². The van der Waals surface area contributed by atoms with Gasteiger partial charge in [0.15, 0.2) is 5.11 Å². The molecule has 184 valence electrons. The van der Waals surface area contributed by atoms with E-state index in [4.69, 9.17) is 12.2 Å². The molecule has 3 N–H and O–H groups in total. The first-order valence-corrected chi connectivity index (χ1v) is 11.4. The van der Waals surface area contributed by atoms with E-state index in [1.165, 1.54) is 23.1 Å². The number of aryl methyl sites for hydroxylation is 3. The van der Waals surface area contributed by atoms with Crippen LogP contribution in [0.4, 0.5) is 17.1 Å². The quantitative estimate of drug-likeness (QED) is 0.173. The summed E-state index contributed by atoms with van der Waals surface area (Å²) in [5.41, 5.74) is 4.33. The van der Waals surface area contributed by atoms with E-state index in [2.05, 4.69) is 15.5 Å². The summed E-state index contributed by atoms with van der Waals surface area (Å²) < 4.78 is 0. The van der Waals surface area contributed by atoms with E-state index >= 15 is 0 Å². The number of quaternary nitrogens is 1. The summed E-state index contributed by atoms with van der Waals surface area (Å²) in [7, 11) is 0. The molecule has 2 aliphatic rings. The van der Waals surface area contributed by atoms with E-state index in [9.17, 15) is 19.7 Å². The Morgan fingerprint density at radius 3 is 2.31 bits per heavy atom. The summed E-state index contributed by atoms with van der Waals surface area (Å²) in [5.74, 6) is -1.19. The first kappa shape index (κ1) is 26.3. The van der Waals surface area contributed by atoms with E-state index in [1.807, 2.05) is 32.9 Å². The molecule has 0 spiro atoms. The van der Waals surface area contributed by atoms with Crippen molar-refractivity contribution in [3.63, 3.8) is 0 Å². The highest BCUT2D eigenvalue weighted by molar-refractivity contribution is 7.80. The molecule has 0 bridgehead atoms. The van der Waals surface area contributed by atoms with Crippen molar-refractivity contribution >= 4 is 52.3 Å². The molecule has 2 saturated heterocycles. The standard InChI is InChI=1S/C24H25N5O4S.ClH/c1-14-10-15(2)21(16(3)11-14)28-23(31)19(22(30)26-24(28)34)13-17-12-18(29(32)33)4-5-20(17)27-8-6-25-7-9-27;/h4-5,10-13,25H,6-9H2,1-3H3,(H,26,30,34);1H/b19-13-;. The highest BCUT2D eigenvalue weighted by atomic mass is 35.5. The Labute approximate surface area is 214 Å². The Morgan fingerprint density at radius 1 is 1.09 bits per heavy atom. The monoisotopic (exact) mass is 515 g/mol. The summed E-state index contributed by atoms with van der Waals surface area (Å²) in [6.45, 7) is 9.03. The van der Waals surface area contributed by atoms with Gasteiger partial charge in [0.1, 0.15) is 5.57 Å². The number of anilines is 2. The van der Waals surface area contributed by atoms with E-state index in [0.29, 0.717) is 11.3 Å². The number of benzene rings is 2. The fraction of sp³-hybridized carbons (Fsp3) is 0.292. The maximum atomic E-state index is 13.6. The number of thiocarbonyl (C=S) groups is 1. The molecule has 0 aliphatic carbocycles. The number of rotatable bonds is 4. The van der Waals surface area contributed by atoms with Gasteiger partial charge in [-0.25, -0.2) is 0 Å². The minimum atomic E-state index is -0.627. The van der Waals surface area contributed by atoms with Crippen LogP contribution in [0, 0.1) is 30.9 Å². The van der Waals surface area contributed by atoms with E-state index < -0.39 is 16.7 Å². The molecule has 0 atom stereocenters. The average Bonchev–Trinajstić information content (AvgIpc) is 2.78. The smallest absolute Gasteiger partial charge is 0.270 e. The maximum absolute atomic E-state index is 13.6. The SMILES string of the molecule is Cc1cc(C)c(N2C(=O)/C(=C\c3cc([N+](=O)[O-])ccc3N3CC[NH2+]CC3)C(=O)NC2=S)c(C)c1.[Cl-]. The third-order valence-electron chi connectivity index (χ3n) is 6.03. The lowest BCUT2D eigenvalue weighted by Crippen LogP contribution is -3.00. The second-order valence-electron chi connectivity index (χ2n) is 8.56. The van der Waals surface area contributed by atoms with Crippen molar-refractivity contribution in [1.82, 2.24) is 5.32 Å². The van der Waals surface area contributed by atoms with Crippen molar-refractivity contribution in [2.45, 2.75) is 20.8 Å². The summed E-state index contributed by atoms with van der Waals surface area (Å²) in [6, 6.07) is 8.42. The summed E-state index contributed by atoms with van der Waals surface area (Å²) >= 11 is 5.36. The van der Waals surface area contributed by atoms with Gasteiger partial charge in [0.05, 0.1) is 36.8 Å². The number of piperazine rings is 1. The molecule has 9 nitrogen and oxygen atoms in total. The van der Waals surface area contributed by atoms with Crippen molar-refractivity contribution < 1.29 is 32.2 Å². The van der Waals surface area contributed by atoms with Gasteiger partial charge in [-0.05, 0) is 56.3 Å². The fourth-order valence-electron chi connectivity index (χ4n) is 4.59. The summed E-state index contributed by atoms with van der Waals surface area (Å²) in [4.78, 5) is 40.9. The number of carbonyl (C=O) groups excluding carboxylic acids is 2. The van der Waals surface area contributed by atoms with Crippen LogP contribution in [0.25, 0.3) is 6.08 Å². The molecular weight excluding hydrogens is 490 g/mol. The van der Waals surface area contributed by atoms with Gasteiger partial charge in [0, 0.05) is 23.4 Å². The molecule has 2 aliphatic heterocycles. The van der Waals surface area contributed by atoms with Crippen LogP contribution < -0.4 is 32.8 Å². The first-order valence-electron chi connectivity index (χ1n) is 11.0. The lowest BCUT2D eigenvalue weighted by Gasteiger charge is -2.32. The Morgan fingerprint density at radius 2 is 1.71 bits per heavy atom. The van der Waals surface area contributed by atoms with Gasteiger partial charge in [-0.3, -0.25) is 29.9 Å². The lowest BCUT2D eigenvalue weighted by molar-refractivity contribution is -0.655. The lowest BCUT2D eigenvalue weighted by atomic mass is 10.0. The van der Waals surface area contributed by atoms with Gasteiger partial charge >= 0.3 is 0 Å². The molecule has 0 aromatic heterocycles. The number of nitrogens with one attached hydrogen (secondary N) is 1. The fourth-order valence-corrected chi connectivity index (χ4v) is 4.86. The van der Waals surface area contributed by atoms with Crippen LogP contribution in [-0.4, -0.2) is 48.0 Å². The molecule has 4 rings (SSSR count). The molecular formula is C24H26ClN5O4S. The number of nitrogens with two attached hydrogens (primary N) is 1. The van der Waals surface area contributed by atoms with Crippen LogP contribution >= 0.6 is 12.2 Å². The van der Waals surface area contributed by atoms with Crippen LogP contribution in [0.5, 0.6) is 0 Å². The van der Waals surface area contributed by atoms with Crippen LogP contribution in [0.15, 0.2) is 35.9 Å². The zero-order chi connectivity index (χ0) is 24.6. The van der Waals surface area contributed by atoms with Gasteiger partial charge in [-0.15, -0.1) is 0 Å². The zero-order valence-electron chi connectivity index (χ0n) is 19.6. The van der Waals surface area contributed by atoms with Crippen LogP contribution in [-0.2, 0) is 9.59 Å². The average molecular weight is 516 g/mol. The third kappa shape index (κ3) is 5.19. The van der Waals surface area contributed by atoms with Gasteiger partial charge < -0.3 is 22.6 Å². The Hall–Kier alpha value is -3.34. The number of non-ortho nitro benzene ring substituents is 1. The first-order chi connectivity index (χ1) is 16.2. The second-order valence-corrected chi connectivity index (χ2v) is 8.95. The number of nitro benzene ring substituents is 1. The highest BCUT2D eigenvalue weighted by Gasteiger charge is 2.36. The number of nitro groups is 1. The molecule has 2 heterocycles. The predicted molar refractivity (Wildman–Crippen MR) is 134 cm³/mol. The number of halogens is 1. The summed E-state index contributed by atoms with van der Waals surface area (Å²) in [6.07, 6.45) is 1.44. The van der Waals surface area contributed by atoms with Gasteiger partial charge in [-0.1, -0.05) is 17.7 Å². The van der Waals surface area contributed by atoms with Crippen molar-refractivity contribution in [2.24, 2.45) is 0 Å². The van der Waals surface area contributed by atoms with Crippen LogP contribution in [0.3, 0.4) is 0 Å². The Balaban J connectivity index is 0.00000342. The molecule has 0 saturated carbocycles. The van der Waals surface area contributed by atoms with Crippen molar-refractivity contribution in [1.29, 1.82) is 0 Å². The molecule has 11 heteroatoms. The molecule has 0 radical (unpaired) electrons. The number of amides is 2. The maximum Gasteiger partial charge on any atom is 0.270 e. The van der Waals surface area contributed by atoms with Crippen molar-refractivity contribution in [3.8, 4) is 0 Å². The van der Waals surface area contributed by atoms with E-state index in [-0.39, 0.29) is 28.8 Å². The molecule has 2 amide bonds. The molecule has 35 heavy (non-hydrogen) atoms. The van der Waals surface area contributed by atoms with Gasteiger partial charge in [0.25, 0.3) is 17.5 Å². The molecule has 2 aromatic carbocycles. The number of hydrogen-bond donors (Lipinski definition) is 2. The molecule has 0 unspecified atom stereocenters. The van der Waals surface area contributed by atoms with Crippen LogP contribution in [0.1, 0.15) is 22.3 Å². The third-order valence-corrected chi connectivity index (χ3v) is 6.31. The van der Waals surface area contributed by atoms with Crippen LogP contribution in [0.2, 0.25) is 0 Å². The molecule has 2 aromatic rings. The van der Waals surface area contributed by atoms with Crippen molar-refractivity contribution in [3.05, 3.63) is 68.3 Å². The summed E-state index contributed by atoms with van der Waals surface area (Å²) in [5, 5.41) is 16.3. The largest absolute Gasteiger partial charge is 1.00 e. The minimum Gasteiger partial charge on any atom is -1.00 e.